The first-order valence-corrected chi connectivity index (χ1v) is 7.74. The third kappa shape index (κ3) is 2.80. The van der Waals surface area contributed by atoms with E-state index in [1.54, 1.807) is 11.3 Å². The molecule has 0 atom stereocenters. The van der Waals surface area contributed by atoms with Crippen LogP contribution in [0.2, 0.25) is 0 Å². The van der Waals surface area contributed by atoms with Crippen molar-refractivity contribution in [3.8, 4) is 10.6 Å². The van der Waals surface area contributed by atoms with E-state index in [4.69, 9.17) is 5.73 Å². The van der Waals surface area contributed by atoms with Gasteiger partial charge < -0.3 is 5.73 Å². The van der Waals surface area contributed by atoms with Gasteiger partial charge in [0, 0.05) is 10.9 Å². The van der Waals surface area contributed by atoms with E-state index in [-0.39, 0.29) is 0 Å². The van der Waals surface area contributed by atoms with Crippen LogP contribution in [-0.2, 0) is 13.0 Å². The average molecular weight is 299 g/mol. The molecule has 0 spiro atoms. The minimum absolute atomic E-state index is 0.506. The number of rotatable bonds is 4. The second-order valence-electron chi connectivity index (χ2n) is 4.94. The molecule has 0 aliphatic rings. The van der Waals surface area contributed by atoms with E-state index < -0.39 is 0 Å². The third-order valence-electron chi connectivity index (χ3n) is 3.36. The summed E-state index contributed by atoms with van der Waals surface area (Å²) in [5.74, 6) is 0.506. The van der Waals surface area contributed by atoms with Gasteiger partial charge in [-0.1, -0.05) is 42.0 Å². The molecule has 0 bridgehead atoms. The monoisotopic (exact) mass is 299 g/mol. The van der Waals surface area contributed by atoms with Gasteiger partial charge in [-0.25, -0.2) is 9.67 Å². The van der Waals surface area contributed by atoms with Crippen molar-refractivity contribution in [2.45, 2.75) is 26.8 Å². The number of nitrogens with zero attached hydrogens (tertiary/aromatic N) is 4. The van der Waals surface area contributed by atoms with Gasteiger partial charge in [0.25, 0.3) is 0 Å². The second kappa shape index (κ2) is 5.65. The van der Waals surface area contributed by atoms with E-state index in [9.17, 15) is 0 Å². The molecule has 2 N–H and O–H groups in total. The van der Waals surface area contributed by atoms with Gasteiger partial charge in [0.05, 0.1) is 17.9 Å². The molecule has 2 aromatic heterocycles. The van der Waals surface area contributed by atoms with Crippen LogP contribution in [0.1, 0.15) is 23.9 Å². The maximum atomic E-state index is 5.80. The summed E-state index contributed by atoms with van der Waals surface area (Å²) >= 11 is 1.64. The summed E-state index contributed by atoms with van der Waals surface area (Å²) in [7, 11) is 0. The van der Waals surface area contributed by atoms with Gasteiger partial charge in [0.15, 0.2) is 5.82 Å². The smallest absolute Gasteiger partial charge is 0.169 e. The zero-order valence-electron chi connectivity index (χ0n) is 12.1. The van der Waals surface area contributed by atoms with Crippen LogP contribution >= 0.6 is 11.3 Å². The van der Waals surface area contributed by atoms with E-state index in [0.717, 1.165) is 28.4 Å². The Morgan fingerprint density at radius 1 is 1.24 bits per heavy atom. The Bertz CT molecular complexity index is 742. The Hall–Kier alpha value is -2.21. The van der Waals surface area contributed by atoms with E-state index in [1.807, 2.05) is 11.6 Å². The first-order valence-electron chi connectivity index (χ1n) is 6.86. The number of hydrogen-bond donors (Lipinski definition) is 1. The number of hydrogen-bond acceptors (Lipinski definition) is 5. The Balaban J connectivity index is 1.83. The van der Waals surface area contributed by atoms with Crippen LogP contribution in [0.5, 0.6) is 0 Å². The highest BCUT2D eigenvalue weighted by Gasteiger charge is 2.11. The Labute approximate surface area is 127 Å². The van der Waals surface area contributed by atoms with Crippen LogP contribution in [0.3, 0.4) is 0 Å². The SMILES string of the molecule is CCc1c(N)nnn1Cc1csc(-c2ccc(C)cc2)n1. The maximum Gasteiger partial charge on any atom is 0.169 e. The Morgan fingerprint density at radius 3 is 2.71 bits per heavy atom. The number of aryl methyl sites for hydroxylation is 1. The lowest BCUT2D eigenvalue weighted by Crippen LogP contribution is -2.07. The number of benzene rings is 1. The largest absolute Gasteiger partial charge is 0.381 e. The maximum absolute atomic E-state index is 5.80. The molecule has 0 aliphatic heterocycles. The fraction of sp³-hybridized carbons (Fsp3) is 0.267. The number of thiazole rings is 1. The first-order chi connectivity index (χ1) is 10.2. The second-order valence-corrected chi connectivity index (χ2v) is 5.80. The predicted molar refractivity (Wildman–Crippen MR) is 85.2 cm³/mol. The third-order valence-corrected chi connectivity index (χ3v) is 4.30. The number of aromatic nitrogens is 4. The van der Waals surface area contributed by atoms with Crippen molar-refractivity contribution in [3.05, 3.63) is 46.6 Å². The van der Waals surface area contributed by atoms with Gasteiger partial charge in [-0.3, -0.25) is 0 Å². The molecule has 21 heavy (non-hydrogen) atoms. The van der Waals surface area contributed by atoms with Crippen molar-refractivity contribution in [3.63, 3.8) is 0 Å². The Kier molecular flexibility index (Phi) is 3.70. The van der Waals surface area contributed by atoms with Gasteiger partial charge in [-0.15, -0.1) is 16.4 Å². The van der Waals surface area contributed by atoms with E-state index in [1.165, 1.54) is 5.56 Å². The molecular weight excluding hydrogens is 282 g/mol. The molecule has 0 radical (unpaired) electrons. The number of nitrogen functional groups attached to an aromatic ring is 1. The minimum Gasteiger partial charge on any atom is -0.381 e. The quantitative estimate of drug-likeness (QED) is 0.804. The molecule has 1 aromatic carbocycles. The molecule has 108 valence electrons. The lowest BCUT2D eigenvalue weighted by Gasteiger charge is -2.02. The predicted octanol–water partition coefficient (Wildman–Crippen LogP) is 2.90. The Morgan fingerprint density at radius 2 is 2.00 bits per heavy atom. The van der Waals surface area contributed by atoms with Crippen LogP contribution in [0.4, 0.5) is 5.82 Å². The first kappa shape index (κ1) is 13.8. The van der Waals surface area contributed by atoms with Crippen LogP contribution in [0.15, 0.2) is 29.6 Å². The molecule has 0 unspecified atom stereocenters. The molecule has 3 rings (SSSR count). The van der Waals surface area contributed by atoms with Gasteiger partial charge in [0.2, 0.25) is 0 Å². The summed E-state index contributed by atoms with van der Waals surface area (Å²) in [6.07, 6.45) is 0.813. The zero-order chi connectivity index (χ0) is 14.8. The fourth-order valence-electron chi connectivity index (χ4n) is 2.20. The highest BCUT2D eigenvalue weighted by molar-refractivity contribution is 7.13. The van der Waals surface area contributed by atoms with Crippen molar-refractivity contribution in [1.82, 2.24) is 20.0 Å². The molecular formula is C15H17N5S. The summed E-state index contributed by atoms with van der Waals surface area (Å²) in [5, 5.41) is 11.1. The molecule has 0 fully saturated rings. The minimum atomic E-state index is 0.506. The topological polar surface area (TPSA) is 69.6 Å². The van der Waals surface area contributed by atoms with Crippen molar-refractivity contribution < 1.29 is 0 Å². The highest BCUT2D eigenvalue weighted by atomic mass is 32.1. The lowest BCUT2D eigenvalue weighted by atomic mass is 10.2. The molecule has 6 heteroatoms. The summed E-state index contributed by atoms with van der Waals surface area (Å²) < 4.78 is 1.82. The van der Waals surface area contributed by atoms with Crippen LogP contribution in [0, 0.1) is 6.92 Å². The van der Waals surface area contributed by atoms with Crippen molar-refractivity contribution in [2.24, 2.45) is 0 Å². The lowest BCUT2D eigenvalue weighted by molar-refractivity contribution is 0.614. The van der Waals surface area contributed by atoms with Gasteiger partial charge in [-0.05, 0) is 13.3 Å². The van der Waals surface area contributed by atoms with Crippen molar-refractivity contribution >= 4 is 17.2 Å². The van der Waals surface area contributed by atoms with E-state index in [0.29, 0.717) is 12.4 Å². The van der Waals surface area contributed by atoms with Crippen molar-refractivity contribution in [2.75, 3.05) is 5.73 Å². The zero-order valence-corrected chi connectivity index (χ0v) is 12.9. The van der Waals surface area contributed by atoms with Crippen LogP contribution < -0.4 is 5.73 Å². The van der Waals surface area contributed by atoms with Crippen molar-refractivity contribution in [1.29, 1.82) is 0 Å². The standard InChI is InChI=1S/C15H17N5S/c1-3-13-14(16)18-19-20(13)8-12-9-21-15(17-12)11-6-4-10(2)5-7-11/h4-7,9H,3,8,16H2,1-2H3. The normalized spacial score (nSPS) is 11.0. The number of anilines is 1. The highest BCUT2D eigenvalue weighted by Crippen LogP contribution is 2.24. The average Bonchev–Trinajstić information content (AvgIpc) is 3.07. The van der Waals surface area contributed by atoms with Gasteiger partial charge >= 0.3 is 0 Å². The number of nitrogens with two attached hydrogens (primary N) is 1. The molecule has 0 amide bonds. The fourth-order valence-corrected chi connectivity index (χ4v) is 3.02. The summed E-state index contributed by atoms with van der Waals surface area (Å²) in [6.45, 7) is 4.73. The molecule has 5 nitrogen and oxygen atoms in total. The summed E-state index contributed by atoms with van der Waals surface area (Å²) in [4.78, 5) is 4.68. The summed E-state index contributed by atoms with van der Waals surface area (Å²) in [5.41, 5.74) is 10.1. The molecule has 2 heterocycles. The van der Waals surface area contributed by atoms with E-state index in [2.05, 4.69) is 51.9 Å². The van der Waals surface area contributed by atoms with Gasteiger partial charge in [-0.2, -0.15) is 0 Å². The van der Waals surface area contributed by atoms with Crippen LogP contribution in [0.25, 0.3) is 10.6 Å². The van der Waals surface area contributed by atoms with Gasteiger partial charge in [0.1, 0.15) is 5.01 Å². The van der Waals surface area contributed by atoms with E-state index >= 15 is 0 Å². The molecule has 0 aliphatic carbocycles. The molecule has 0 saturated carbocycles. The van der Waals surface area contributed by atoms with Crippen LogP contribution in [-0.4, -0.2) is 20.0 Å². The molecule has 3 aromatic rings. The molecule has 0 saturated heterocycles. The summed E-state index contributed by atoms with van der Waals surface area (Å²) in [6, 6.07) is 8.40.